The smallest absolute Gasteiger partial charge is 0.00768 e. The first-order chi connectivity index (χ1) is 4.65. The highest BCUT2D eigenvalue weighted by atomic mass is 32.8. The minimum atomic E-state index is -2.03. The van der Waals surface area contributed by atoms with E-state index in [1.807, 2.05) is 0 Å². The minimum absolute atomic E-state index is 0.775. The molecule has 0 atom stereocenters. The van der Waals surface area contributed by atoms with E-state index >= 15 is 0 Å². The Balaban J connectivity index is 0. The lowest BCUT2D eigenvalue weighted by Gasteiger charge is -1.87. The van der Waals surface area contributed by atoms with Crippen LogP contribution in [0.3, 0.4) is 0 Å². The van der Waals surface area contributed by atoms with Crippen molar-refractivity contribution in [3.63, 3.8) is 0 Å². The lowest BCUT2D eigenvalue weighted by atomic mass is 10.3. The zero-order valence-corrected chi connectivity index (χ0v) is 7.29. The third-order valence-electron chi connectivity index (χ3n) is 0.658. The molecule has 0 aliphatic rings. The van der Waals surface area contributed by atoms with E-state index < -0.39 is 9.64 Å². The van der Waals surface area contributed by atoms with Crippen LogP contribution in [-0.2, 0) is 25.0 Å². The van der Waals surface area contributed by atoms with Gasteiger partial charge in [0.1, 0.15) is 0 Å². The first-order valence-corrected chi connectivity index (χ1v) is 4.86. The molecule has 0 radical (unpaired) electrons. The molecule has 0 aliphatic carbocycles. The minimum Gasteiger partial charge on any atom is -0.459 e. The molecule has 0 aromatic heterocycles. The predicted octanol–water partition coefficient (Wildman–Crippen LogP) is -0.431. The van der Waals surface area contributed by atoms with Crippen molar-refractivity contribution in [1.29, 1.82) is 0 Å². The summed E-state index contributed by atoms with van der Waals surface area (Å²) in [4.78, 5) is 0. The summed E-state index contributed by atoms with van der Waals surface area (Å²) in [5, 5.41) is 0. The summed E-state index contributed by atoms with van der Waals surface area (Å²) >= 11 is 3.65. The molecule has 0 saturated carbocycles. The fourth-order valence-electron chi connectivity index (χ4n) is 0.289. The molecule has 0 aromatic rings. The Morgan fingerprint density at radius 2 is 1.50 bits per heavy atom. The average molecular weight is 185 g/mol. The van der Waals surface area contributed by atoms with Crippen LogP contribution >= 0.6 is 0 Å². The van der Waals surface area contributed by atoms with Crippen LogP contribution in [0, 0.1) is 0 Å². The van der Waals surface area contributed by atoms with Gasteiger partial charge in [0.15, 0.2) is 0 Å². The lowest BCUT2D eigenvalue weighted by Crippen LogP contribution is -2.03. The monoisotopic (exact) mass is 185 g/mol. The van der Waals surface area contributed by atoms with E-state index in [1.54, 1.807) is 0 Å². The molecule has 0 unspecified atom stereocenters. The van der Waals surface area contributed by atoms with Crippen LogP contribution in [0.1, 0.15) is 12.8 Å². The Hall–Kier alpha value is 0.250. The van der Waals surface area contributed by atoms with Gasteiger partial charge in [-0.15, -0.1) is 0 Å². The fourth-order valence-corrected chi connectivity index (χ4v) is 0.289. The summed E-state index contributed by atoms with van der Waals surface area (Å²) in [5.41, 5.74) is 10.3. The zero-order chi connectivity index (χ0) is 8.41. The van der Waals surface area contributed by atoms with Gasteiger partial charge in [0, 0.05) is 0 Å². The second kappa shape index (κ2) is 12.0. The number of nitrogens with two attached hydrogens (primary N) is 2. The van der Waals surface area contributed by atoms with E-state index in [4.69, 9.17) is 20.2 Å². The van der Waals surface area contributed by atoms with Crippen LogP contribution in [0.2, 0.25) is 0 Å². The molecule has 10 heavy (non-hydrogen) atoms. The van der Waals surface area contributed by atoms with Crippen LogP contribution in [0.4, 0.5) is 0 Å². The normalized spacial score (nSPS) is 8.80. The van der Waals surface area contributed by atoms with Crippen molar-refractivity contribution in [2.45, 2.75) is 12.8 Å². The van der Waals surface area contributed by atoms with Crippen LogP contribution in [0.15, 0.2) is 0 Å². The number of hydrogen-bond acceptors (Lipinski definition) is 5. The second-order valence-electron chi connectivity index (χ2n) is 1.50. The van der Waals surface area contributed by atoms with Gasteiger partial charge in [-0.25, -0.2) is 11.2 Å². The van der Waals surface area contributed by atoms with Crippen LogP contribution in [0.25, 0.3) is 0 Å². The van der Waals surface area contributed by atoms with Crippen molar-refractivity contribution in [2.24, 2.45) is 11.5 Å². The molecule has 0 heterocycles. The van der Waals surface area contributed by atoms with Crippen LogP contribution < -0.4 is 11.5 Å². The van der Waals surface area contributed by atoms with Gasteiger partial charge in [0.25, 0.3) is 0 Å². The standard InChI is InChI=1S/C4H12N2.HO2S2/c5-3-1-2-4-6;1-4(2)3/h1-6H2;(H,1,2,3)/q;-1. The lowest BCUT2D eigenvalue weighted by molar-refractivity contribution is 0.536. The second-order valence-corrected chi connectivity index (χ2v) is 2.79. The van der Waals surface area contributed by atoms with Gasteiger partial charge in [-0.1, -0.05) is 9.64 Å². The van der Waals surface area contributed by atoms with Crippen molar-refractivity contribution in [2.75, 3.05) is 13.1 Å². The summed E-state index contributed by atoms with van der Waals surface area (Å²) in [6, 6.07) is 0. The van der Waals surface area contributed by atoms with Crippen molar-refractivity contribution >= 4 is 20.8 Å². The first-order valence-electron chi connectivity index (χ1n) is 2.83. The van der Waals surface area contributed by atoms with E-state index in [0.717, 1.165) is 25.9 Å². The maximum atomic E-state index is 8.93. The summed E-state index contributed by atoms with van der Waals surface area (Å²) in [6.45, 7) is 1.55. The Morgan fingerprint density at radius 3 is 1.60 bits per heavy atom. The summed E-state index contributed by atoms with van der Waals surface area (Å²) in [6.07, 6.45) is 2.13. The average Bonchev–Trinajstić information content (AvgIpc) is 1.82. The van der Waals surface area contributed by atoms with Crippen molar-refractivity contribution in [3.8, 4) is 0 Å². The number of unbranched alkanes of at least 4 members (excludes halogenated alkanes) is 1. The molecule has 0 aliphatic heterocycles. The van der Waals surface area contributed by atoms with E-state index in [2.05, 4.69) is 11.2 Å². The first kappa shape index (κ1) is 12.9. The van der Waals surface area contributed by atoms with Crippen molar-refractivity contribution < 1.29 is 8.76 Å². The van der Waals surface area contributed by atoms with Crippen LogP contribution in [-0.4, -0.2) is 17.6 Å². The maximum absolute atomic E-state index is 8.93. The SMILES string of the molecule is NCCCCN.O=[S-](O)=S. The van der Waals surface area contributed by atoms with Crippen LogP contribution in [0.5, 0.6) is 0 Å². The van der Waals surface area contributed by atoms with E-state index in [0.29, 0.717) is 0 Å². The molecular formula is C4H13N2O2S2-. The van der Waals surface area contributed by atoms with E-state index in [-0.39, 0.29) is 0 Å². The Labute approximate surface area is 67.5 Å². The topological polar surface area (TPSA) is 89.3 Å². The Bertz CT molecular complexity index is 104. The summed E-state index contributed by atoms with van der Waals surface area (Å²) in [5.74, 6) is 0. The molecule has 0 aromatic carbocycles. The van der Waals surface area contributed by atoms with Gasteiger partial charge in [0.2, 0.25) is 0 Å². The molecule has 0 amide bonds. The molecule has 4 nitrogen and oxygen atoms in total. The highest BCUT2D eigenvalue weighted by molar-refractivity contribution is 8.18. The van der Waals surface area contributed by atoms with Gasteiger partial charge < -0.3 is 20.2 Å². The summed E-state index contributed by atoms with van der Waals surface area (Å²) < 4.78 is 16.3. The van der Waals surface area contributed by atoms with Gasteiger partial charge in [0.05, 0.1) is 0 Å². The molecule has 6 heteroatoms. The predicted molar refractivity (Wildman–Crippen MR) is 45.4 cm³/mol. The van der Waals surface area contributed by atoms with Crippen molar-refractivity contribution in [3.05, 3.63) is 0 Å². The molecule has 0 rings (SSSR count). The fraction of sp³-hybridized carbons (Fsp3) is 1.00. The van der Waals surface area contributed by atoms with Gasteiger partial charge in [-0.3, -0.25) is 0 Å². The molecule has 0 saturated heterocycles. The molecule has 5 N–H and O–H groups in total. The highest BCUT2D eigenvalue weighted by Crippen LogP contribution is 1.77. The highest BCUT2D eigenvalue weighted by Gasteiger charge is 1.75. The van der Waals surface area contributed by atoms with Gasteiger partial charge >= 0.3 is 0 Å². The zero-order valence-electron chi connectivity index (χ0n) is 5.66. The largest absolute Gasteiger partial charge is 0.459 e. The molecular weight excluding hydrogens is 172 g/mol. The molecule has 0 bridgehead atoms. The Morgan fingerprint density at radius 1 is 1.30 bits per heavy atom. The maximum Gasteiger partial charge on any atom is -0.00768 e. The van der Waals surface area contributed by atoms with Gasteiger partial charge in [-0.05, 0) is 25.9 Å². The number of hydrogen-bond donors (Lipinski definition) is 3. The third-order valence-corrected chi connectivity index (χ3v) is 0.658. The number of rotatable bonds is 3. The van der Waals surface area contributed by atoms with E-state index in [1.165, 1.54) is 0 Å². The summed E-state index contributed by atoms with van der Waals surface area (Å²) in [7, 11) is -2.03. The van der Waals surface area contributed by atoms with E-state index in [9.17, 15) is 0 Å². The Kier molecular flexibility index (Phi) is 15.4. The quantitative estimate of drug-likeness (QED) is 0.315. The molecule has 64 valence electrons. The van der Waals surface area contributed by atoms with Gasteiger partial charge in [-0.2, -0.15) is 0 Å². The molecule has 0 spiro atoms. The molecule has 0 fully saturated rings. The van der Waals surface area contributed by atoms with Crippen molar-refractivity contribution in [1.82, 2.24) is 0 Å². The third kappa shape index (κ3) is 41.1.